The Hall–Kier alpha value is -0.370. The van der Waals surface area contributed by atoms with Gasteiger partial charge in [0.15, 0.2) is 0 Å². The molecule has 0 bridgehead atoms. The molecule has 1 heterocycles. The van der Waals surface area contributed by atoms with E-state index in [9.17, 15) is 4.79 Å². The van der Waals surface area contributed by atoms with Crippen LogP contribution in [-0.2, 0) is 9.53 Å². The van der Waals surface area contributed by atoms with Gasteiger partial charge >= 0.3 is 0 Å². The third kappa shape index (κ3) is 1.78. The van der Waals surface area contributed by atoms with Crippen LogP contribution in [0.3, 0.4) is 0 Å². The predicted octanol–water partition coefficient (Wildman–Crippen LogP) is 2.31. The van der Waals surface area contributed by atoms with Crippen molar-refractivity contribution in [2.45, 2.75) is 51.0 Å². The van der Waals surface area contributed by atoms with Crippen molar-refractivity contribution >= 4 is 5.78 Å². The number of carbonyl (C=O) groups is 1. The molecule has 0 N–H and O–H groups in total. The van der Waals surface area contributed by atoms with Gasteiger partial charge in [0.2, 0.25) is 0 Å². The van der Waals surface area contributed by atoms with E-state index in [0.717, 1.165) is 25.9 Å². The van der Waals surface area contributed by atoms with Gasteiger partial charge in [0.1, 0.15) is 5.78 Å². The lowest BCUT2D eigenvalue weighted by Gasteiger charge is -2.27. The van der Waals surface area contributed by atoms with E-state index in [1.54, 1.807) is 0 Å². The van der Waals surface area contributed by atoms with E-state index < -0.39 is 0 Å². The number of unbranched alkanes of at least 4 members (excludes halogenated alkanes) is 1. The summed E-state index contributed by atoms with van der Waals surface area (Å²) >= 11 is 0. The smallest absolute Gasteiger partial charge is 0.133 e. The van der Waals surface area contributed by atoms with Crippen molar-refractivity contribution in [3.05, 3.63) is 0 Å². The first-order valence-corrected chi connectivity index (χ1v) is 5.42. The van der Waals surface area contributed by atoms with E-state index >= 15 is 0 Å². The first kappa shape index (κ1) is 9.20. The van der Waals surface area contributed by atoms with Crippen molar-refractivity contribution in [3.8, 4) is 0 Å². The van der Waals surface area contributed by atoms with Crippen molar-refractivity contribution in [2.24, 2.45) is 5.92 Å². The minimum absolute atomic E-state index is 0.156. The lowest BCUT2D eigenvalue weighted by atomic mass is 9.76. The molecule has 1 aliphatic heterocycles. The van der Waals surface area contributed by atoms with Gasteiger partial charge in [-0.3, -0.25) is 4.79 Å². The Morgan fingerprint density at radius 1 is 1.62 bits per heavy atom. The zero-order chi connectivity index (χ0) is 9.31. The normalized spacial score (nSPS) is 38.2. The average molecular weight is 182 g/mol. The summed E-state index contributed by atoms with van der Waals surface area (Å²) in [5.74, 6) is 0.982. The third-order valence-corrected chi connectivity index (χ3v) is 3.47. The topological polar surface area (TPSA) is 29.6 Å². The molecule has 13 heavy (non-hydrogen) atoms. The van der Waals surface area contributed by atoms with Crippen LogP contribution < -0.4 is 0 Å². The van der Waals surface area contributed by atoms with Crippen LogP contribution >= 0.6 is 0 Å². The van der Waals surface area contributed by atoms with Gasteiger partial charge in [-0.05, 0) is 18.8 Å². The van der Waals surface area contributed by atoms with Crippen LogP contribution in [0.2, 0.25) is 0 Å². The van der Waals surface area contributed by atoms with Crippen LogP contribution in [0.1, 0.15) is 45.4 Å². The highest BCUT2D eigenvalue weighted by Gasteiger charge is 2.53. The quantitative estimate of drug-likeness (QED) is 0.627. The number of epoxide rings is 1. The molecule has 0 aromatic rings. The van der Waals surface area contributed by atoms with Gasteiger partial charge in [-0.2, -0.15) is 0 Å². The Balaban J connectivity index is 1.92. The van der Waals surface area contributed by atoms with Crippen molar-refractivity contribution < 1.29 is 9.53 Å². The van der Waals surface area contributed by atoms with Crippen LogP contribution in [0.25, 0.3) is 0 Å². The monoisotopic (exact) mass is 182 g/mol. The highest BCUT2D eigenvalue weighted by Crippen LogP contribution is 2.46. The molecule has 2 atom stereocenters. The number of ether oxygens (including phenoxy) is 1. The minimum atomic E-state index is 0.156. The molecule has 2 rings (SSSR count). The fourth-order valence-electron chi connectivity index (χ4n) is 2.41. The standard InChI is InChI=1S/C11H18O2/c1-2-3-4-9-7-10(12)5-6-11(9)8-13-11/h9H,2-8H2,1H3. The van der Waals surface area contributed by atoms with Gasteiger partial charge in [0.25, 0.3) is 0 Å². The minimum Gasteiger partial charge on any atom is -0.369 e. The fourth-order valence-corrected chi connectivity index (χ4v) is 2.41. The fraction of sp³-hybridized carbons (Fsp3) is 0.909. The molecule has 2 fully saturated rings. The molecular formula is C11H18O2. The summed E-state index contributed by atoms with van der Waals surface area (Å²) in [5.41, 5.74) is 0.156. The zero-order valence-corrected chi connectivity index (χ0v) is 8.34. The molecule has 1 saturated heterocycles. The summed E-state index contributed by atoms with van der Waals surface area (Å²) in [6.07, 6.45) is 6.16. The molecule has 1 spiro atoms. The van der Waals surface area contributed by atoms with Crippen LogP contribution in [0.4, 0.5) is 0 Å². The second-order valence-electron chi connectivity index (χ2n) is 4.44. The number of hydrogen-bond donors (Lipinski definition) is 0. The van der Waals surface area contributed by atoms with Crippen LogP contribution in [0.15, 0.2) is 0 Å². The number of ketones is 1. The van der Waals surface area contributed by atoms with E-state index in [2.05, 4.69) is 6.92 Å². The van der Waals surface area contributed by atoms with E-state index in [1.807, 2.05) is 0 Å². The Bertz CT molecular complexity index is 206. The maximum atomic E-state index is 11.3. The van der Waals surface area contributed by atoms with Crippen LogP contribution in [-0.4, -0.2) is 18.0 Å². The second kappa shape index (κ2) is 3.41. The van der Waals surface area contributed by atoms with Gasteiger partial charge in [0.05, 0.1) is 12.2 Å². The Labute approximate surface area is 79.7 Å². The molecule has 1 aliphatic carbocycles. The summed E-state index contributed by atoms with van der Waals surface area (Å²) in [6.45, 7) is 3.11. The first-order valence-electron chi connectivity index (χ1n) is 5.42. The second-order valence-corrected chi connectivity index (χ2v) is 4.44. The molecular weight excluding hydrogens is 164 g/mol. The van der Waals surface area contributed by atoms with Crippen molar-refractivity contribution in [2.75, 3.05) is 6.61 Å². The summed E-state index contributed by atoms with van der Waals surface area (Å²) < 4.78 is 5.54. The lowest BCUT2D eigenvalue weighted by Crippen LogP contribution is -2.32. The molecule has 2 unspecified atom stereocenters. The zero-order valence-electron chi connectivity index (χ0n) is 8.34. The van der Waals surface area contributed by atoms with Gasteiger partial charge < -0.3 is 4.74 Å². The van der Waals surface area contributed by atoms with Crippen molar-refractivity contribution in [1.82, 2.24) is 0 Å². The van der Waals surface area contributed by atoms with Gasteiger partial charge in [-0.25, -0.2) is 0 Å². The highest BCUT2D eigenvalue weighted by molar-refractivity contribution is 5.80. The third-order valence-electron chi connectivity index (χ3n) is 3.47. The SMILES string of the molecule is CCCCC1CC(=O)CCC12CO2. The lowest BCUT2D eigenvalue weighted by molar-refractivity contribution is -0.123. The predicted molar refractivity (Wildman–Crippen MR) is 50.6 cm³/mol. The van der Waals surface area contributed by atoms with Gasteiger partial charge in [-0.1, -0.05) is 19.8 Å². The molecule has 0 amide bonds. The van der Waals surface area contributed by atoms with Crippen LogP contribution in [0.5, 0.6) is 0 Å². The molecule has 2 heteroatoms. The van der Waals surface area contributed by atoms with E-state index in [-0.39, 0.29) is 5.60 Å². The largest absolute Gasteiger partial charge is 0.369 e. The number of carbonyl (C=O) groups excluding carboxylic acids is 1. The van der Waals surface area contributed by atoms with Crippen LogP contribution in [0, 0.1) is 5.92 Å². The number of hydrogen-bond acceptors (Lipinski definition) is 2. The Morgan fingerprint density at radius 2 is 2.38 bits per heavy atom. The Morgan fingerprint density at radius 3 is 3.00 bits per heavy atom. The van der Waals surface area contributed by atoms with E-state index in [4.69, 9.17) is 4.74 Å². The van der Waals surface area contributed by atoms with E-state index in [1.165, 1.54) is 19.3 Å². The molecule has 0 aromatic carbocycles. The molecule has 2 nitrogen and oxygen atoms in total. The average Bonchev–Trinajstić information content (AvgIpc) is 2.89. The summed E-state index contributed by atoms with van der Waals surface area (Å²) in [5, 5.41) is 0. The highest BCUT2D eigenvalue weighted by atomic mass is 16.6. The maximum absolute atomic E-state index is 11.3. The molecule has 2 aliphatic rings. The molecule has 0 radical (unpaired) electrons. The molecule has 74 valence electrons. The van der Waals surface area contributed by atoms with Gasteiger partial charge in [-0.15, -0.1) is 0 Å². The maximum Gasteiger partial charge on any atom is 0.133 e. The first-order chi connectivity index (χ1) is 6.27. The van der Waals surface area contributed by atoms with E-state index in [0.29, 0.717) is 11.7 Å². The molecule has 0 aromatic heterocycles. The Kier molecular flexibility index (Phi) is 2.41. The van der Waals surface area contributed by atoms with Crippen molar-refractivity contribution in [1.29, 1.82) is 0 Å². The number of Topliss-reactive ketones (excluding diaryl/α,β-unsaturated/α-hetero) is 1. The summed E-state index contributed by atoms with van der Waals surface area (Å²) in [7, 11) is 0. The van der Waals surface area contributed by atoms with Gasteiger partial charge in [0, 0.05) is 12.8 Å². The molecule has 1 saturated carbocycles. The summed E-state index contributed by atoms with van der Waals surface area (Å²) in [6, 6.07) is 0. The van der Waals surface area contributed by atoms with Crippen molar-refractivity contribution in [3.63, 3.8) is 0 Å². The number of rotatable bonds is 3. The summed E-state index contributed by atoms with van der Waals surface area (Å²) in [4.78, 5) is 11.3.